The first-order valence-corrected chi connectivity index (χ1v) is 18.2. The zero-order valence-corrected chi connectivity index (χ0v) is 30.5. The molecular weight excluding hydrogens is 725 g/mol. The van der Waals surface area contributed by atoms with Gasteiger partial charge >= 0.3 is 12.1 Å². The highest BCUT2D eigenvalue weighted by Crippen LogP contribution is 2.47. The molecule has 1 amide bonds. The van der Waals surface area contributed by atoms with Gasteiger partial charge in [-0.1, -0.05) is 54.1 Å². The summed E-state index contributed by atoms with van der Waals surface area (Å²) < 4.78 is 60.7. The van der Waals surface area contributed by atoms with Crippen LogP contribution in [0.25, 0.3) is 22.4 Å². The number of amides is 1. The van der Waals surface area contributed by atoms with Crippen LogP contribution in [0.15, 0.2) is 60.7 Å². The van der Waals surface area contributed by atoms with E-state index >= 15 is 0 Å². The van der Waals surface area contributed by atoms with Crippen molar-refractivity contribution in [1.29, 1.82) is 0 Å². The molecule has 284 valence electrons. The Morgan fingerprint density at radius 1 is 0.963 bits per heavy atom. The maximum absolute atomic E-state index is 14.5. The number of alkyl halides is 3. The van der Waals surface area contributed by atoms with Crippen LogP contribution in [0.4, 0.5) is 13.2 Å². The number of fused-ring (bicyclic) bond motifs is 1. The molecule has 1 saturated heterocycles. The maximum Gasteiger partial charge on any atom is 0.419 e. The van der Waals surface area contributed by atoms with Gasteiger partial charge in [-0.3, -0.25) is 14.9 Å². The van der Waals surface area contributed by atoms with Crippen molar-refractivity contribution < 1.29 is 42.1 Å². The van der Waals surface area contributed by atoms with Crippen LogP contribution in [0.1, 0.15) is 66.0 Å². The van der Waals surface area contributed by atoms with Crippen molar-refractivity contribution in [2.75, 3.05) is 20.8 Å². The number of rotatable bonds is 14. The Labute approximate surface area is 315 Å². The molecule has 4 aromatic rings. The van der Waals surface area contributed by atoms with Crippen LogP contribution in [0.5, 0.6) is 17.4 Å². The van der Waals surface area contributed by atoms with Gasteiger partial charge in [0.2, 0.25) is 11.8 Å². The summed E-state index contributed by atoms with van der Waals surface area (Å²) in [5.74, 6) is -0.722. The second-order valence-corrected chi connectivity index (χ2v) is 14.3. The molecule has 0 spiro atoms. The first-order valence-electron chi connectivity index (χ1n) is 17.8. The predicted molar refractivity (Wildman–Crippen MR) is 196 cm³/mol. The molecule has 3 aliphatic rings. The van der Waals surface area contributed by atoms with E-state index in [1.807, 2.05) is 48.5 Å². The van der Waals surface area contributed by atoms with Crippen molar-refractivity contribution in [3.8, 4) is 39.8 Å². The lowest BCUT2D eigenvalue weighted by Crippen LogP contribution is -2.38. The third-order valence-electron chi connectivity index (χ3n) is 10.4. The number of nitrogens with zero attached hydrogens (tertiary/aromatic N) is 1. The Morgan fingerprint density at radius 2 is 1.72 bits per heavy atom. The summed E-state index contributed by atoms with van der Waals surface area (Å²) in [4.78, 5) is 27.9. The fourth-order valence-corrected chi connectivity index (χ4v) is 7.66. The second kappa shape index (κ2) is 15.1. The number of aliphatic carboxylic acids is 1. The predicted octanol–water partition coefficient (Wildman–Crippen LogP) is 7.25. The number of carbonyl (C=O) groups is 2. The van der Waals surface area contributed by atoms with Crippen LogP contribution >= 0.6 is 11.6 Å². The quantitative estimate of drug-likeness (QED) is 0.105. The molecular formula is C40H40ClF3N4O6. The molecule has 54 heavy (non-hydrogen) atoms. The van der Waals surface area contributed by atoms with Crippen molar-refractivity contribution >= 4 is 23.5 Å². The summed E-state index contributed by atoms with van der Waals surface area (Å²) in [6.07, 6.45) is -2.28. The Bertz CT molecular complexity index is 2090. The Morgan fingerprint density at radius 3 is 2.41 bits per heavy atom. The van der Waals surface area contributed by atoms with E-state index < -0.39 is 29.4 Å². The third kappa shape index (κ3) is 7.57. The average Bonchev–Trinajstić information content (AvgIpc) is 3.68. The summed E-state index contributed by atoms with van der Waals surface area (Å²) in [7, 11) is 2.91. The minimum atomic E-state index is -4.74. The lowest BCUT2D eigenvalue weighted by Gasteiger charge is -2.22. The lowest BCUT2D eigenvalue weighted by molar-refractivity contribution is -0.141. The number of nitrogens with one attached hydrogen (secondary N) is 3. The van der Waals surface area contributed by atoms with Crippen molar-refractivity contribution in [2.45, 2.75) is 75.5 Å². The number of hydrogen-bond donors (Lipinski definition) is 4. The van der Waals surface area contributed by atoms with Crippen molar-refractivity contribution in [3.63, 3.8) is 0 Å². The van der Waals surface area contributed by atoms with Gasteiger partial charge in [0.1, 0.15) is 23.1 Å². The average molecular weight is 765 g/mol. The first-order chi connectivity index (χ1) is 25.9. The smallest absolute Gasteiger partial charge is 0.419 e. The normalized spacial score (nSPS) is 18.6. The molecule has 4 N–H and O–H groups in total. The molecule has 3 aromatic carbocycles. The Hall–Kier alpha value is -4.85. The van der Waals surface area contributed by atoms with Crippen LogP contribution < -0.4 is 30.2 Å². The fraction of sp³-hybridized carbons (Fsp3) is 0.375. The Balaban J connectivity index is 1.13. The molecule has 2 heterocycles. The zero-order valence-electron chi connectivity index (χ0n) is 29.7. The summed E-state index contributed by atoms with van der Waals surface area (Å²) in [6, 6.07) is 17.4. The highest BCUT2D eigenvalue weighted by molar-refractivity contribution is 6.36. The highest BCUT2D eigenvalue weighted by atomic mass is 35.5. The highest BCUT2D eigenvalue weighted by Gasteiger charge is 2.50. The van der Waals surface area contributed by atoms with Gasteiger partial charge < -0.3 is 30.0 Å². The molecule has 14 heteroatoms. The van der Waals surface area contributed by atoms with Gasteiger partial charge in [0, 0.05) is 60.4 Å². The van der Waals surface area contributed by atoms with Gasteiger partial charge in [-0.25, -0.2) is 4.98 Å². The molecule has 2 atom stereocenters. The molecule has 2 aliphatic carbocycles. The van der Waals surface area contributed by atoms with E-state index in [-0.39, 0.29) is 35.6 Å². The summed E-state index contributed by atoms with van der Waals surface area (Å²) in [5.41, 5.74) is 3.53. The molecule has 1 aromatic heterocycles. The number of carboxylic acids is 1. The van der Waals surface area contributed by atoms with Gasteiger partial charge in [-0.15, -0.1) is 0 Å². The number of hydrogen-bond acceptors (Lipinski definition) is 8. The SMILES string of the molecule is COc1cc(O[C@H]2CCc3c(-c4cccc(-c5ccc(CNC[C@@H]6CCC(=O)N6)c(OC)n5)c4Cl)cccc32)c(C(F)(F)F)cc1CNC1(C(=O)O)CC1. The van der Waals surface area contributed by atoms with Crippen molar-refractivity contribution in [3.05, 3.63) is 93.5 Å². The standard InChI is InChI=1S/C40H40ClF3N4O6/c1-52-33-18-34(30(40(42,43)44)17-23(33)20-46-39(15-16-39)38(50)51)54-32-13-11-26-25(5-3-6-27(26)32)28-7-4-8-29(36(28)41)31-12-9-22(37(48-31)53-2)19-45-21-24-10-14-35(49)47-24/h3-9,12,17-18,24,32,45-46H,10-11,13-16,19-21H2,1-2H3,(H,47,49)(H,50,51)/t24-,32-/m0/s1. The molecule has 0 radical (unpaired) electrons. The van der Waals surface area contributed by atoms with Crippen LogP contribution in [0, 0.1) is 0 Å². The van der Waals surface area contributed by atoms with Crippen LogP contribution in [0.3, 0.4) is 0 Å². The van der Waals surface area contributed by atoms with E-state index in [1.165, 1.54) is 13.2 Å². The maximum atomic E-state index is 14.5. The van der Waals surface area contributed by atoms with Gasteiger partial charge in [-0.05, 0) is 60.9 Å². The third-order valence-corrected chi connectivity index (χ3v) is 10.8. The van der Waals surface area contributed by atoms with E-state index in [0.717, 1.165) is 40.3 Å². The summed E-state index contributed by atoms with van der Waals surface area (Å²) in [6.45, 7) is 1.03. The van der Waals surface area contributed by atoms with E-state index in [2.05, 4.69) is 16.0 Å². The number of carboxylic acid groups (broad SMARTS) is 1. The number of pyridine rings is 1. The monoisotopic (exact) mass is 764 g/mol. The van der Waals surface area contributed by atoms with E-state index in [1.54, 1.807) is 7.11 Å². The fourth-order valence-electron chi connectivity index (χ4n) is 7.33. The number of aromatic nitrogens is 1. The molecule has 1 aliphatic heterocycles. The minimum Gasteiger partial charge on any atom is -0.496 e. The minimum absolute atomic E-state index is 0.0670. The van der Waals surface area contributed by atoms with Gasteiger partial charge in [0.15, 0.2) is 0 Å². The largest absolute Gasteiger partial charge is 0.496 e. The molecule has 1 saturated carbocycles. The molecule has 7 rings (SSSR count). The van der Waals surface area contributed by atoms with E-state index in [9.17, 15) is 27.9 Å². The second-order valence-electron chi connectivity index (χ2n) is 13.9. The van der Waals surface area contributed by atoms with Crippen LogP contribution in [0.2, 0.25) is 5.02 Å². The summed E-state index contributed by atoms with van der Waals surface area (Å²) >= 11 is 7.11. The molecule has 10 nitrogen and oxygen atoms in total. The summed E-state index contributed by atoms with van der Waals surface area (Å²) in [5, 5.41) is 19.2. The van der Waals surface area contributed by atoms with E-state index in [0.29, 0.717) is 67.4 Å². The molecule has 2 fully saturated rings. The number of ether oxygens (including phenoxy) is 3. The number of benzene rings is 3. The van der Waals surface area contributed by atoms with E-state index in [4.69, 9.17) is 30.8 Å². The van der Waals surface area contributed by atoms with Gasteiger partial charge in [0.05, 0.1) is 30.5 Å². The van der Waals surface area contributed by atoms with Crippen molar-refractivity contribution in [2.24, 2.45) is 0 Å². The topological polar surface area (TPSA) is 131 Å². The lowest BCUT2D eigenvalue weighted by atomic mass is 9.94. The number of methoxy groups -OCH3 is 2. The number of halogens is 4. The molecule has 0 unspecified atom stereocenters. The van der Waals surface area contributed by atoms with Crippen molar-refractivity contribution in [1.82, 2.24) is 20.9 Å². The first kappa shape index (κ1) is 37.5. The zero-order chi connectivity index (χ0) is 38.2. The molecule has 0 bridgehead atoms. The van der Waals surface area contributed by atoms with Crippen LogP contribution in [-0.4, -0.2) is 54.3 Å². The Kier molecular flexibility index (Phi) is 10.5. The number of carbonyl (C=O) groups excluding carboxylic acids is 1. The van der Waals surface area contributed by atoms with Crippen LogP contribution in [-0.2, 0) is 35.3 Å². The van der Waals surface area contributed by atoms with Gasteiger partial charge in [-0.2, -0.15) is 13.2 Å². The van der Waals surface area contributed by atoms with Gasteiger partial charge in [0.25, 0.3) is 0 Å².